The Hall–Kier alpha value is -1.77. The molecule has 0 N–H and O–H groups in total. The zero-order valence-electron chi connectivity index (χ0n) is 13.6. The Bertz CT molecular complexity index is 947. The SMILES string of the molecule is CN(C)C(CN1C(=O)c2cc(Br)ccc2S1(=O)=O)c1cccc(F)c1. The number of hydrogen-bond acceptors (Lipinski definition) is 4. The quantitative estimate of drug-likeness (QED) is 0.753. The first kappa shape index (κ1) is 18.0. The van der Waals surface area contributed by atoms with Crippen LogP contribution in [0.15, 0.2) is 51.8 Å². The first-order valence-corrected chi connectivity index (χ1v) is 9.73. The highest BCUT2D eigenvalue weighted by atomic mass is 79.9. The molecule has 1 aliphatic rings. The predicted molar refractivity (Wildman–Crippen MR) is 95.2 cm³/mol. The Balaban J connectivity index is 2.00. The van der Waals surface area contributed by atoms with Crippen molar-refractivity contribution < 1.29 is 17.6 Å². The highest BCUT2D eigenvalue weighted by Crippen LogP contribution is 2.34. The van der Waals surface area contributed by atoms with Crippen LogP contribution in [0.2, 0.25) is 0 Å². The number of likely N-dealkylation sites (N-methyl/N-ethyl adjacent to an activating group) is 1. The molecule has 1 atom stereocenters. The fourth-order valence-corrected chi connectivity index (χ4v) is 4.79. The van der Waals surface area contributed by atoms with Gasteiger partial charge in [-0.25, -0.2) is 17.1 Å². The molecule has 2 aromatic carbocycles. The largest absolute Gasteiger partial charge is 0.301 e. The van der Waals surface area contributed by atoms with Gasteiger partial charge in [0, 0.05) is 4.47 Å². The number of fused-ring (bicyclic) bond motifs is 1. The van der Waals surface area contributed by atoms with E-state index in [0.717, 1.165) is 4.31 Å². The molecule has 1 aliphatic heterocycles. The van der Waals surface area contributed by atoms with Crippen molar-refractivity contribution in [2.45, 2.75) is 10.9 Å². The van der Waals surface area contributed by atoms with Gasteiger partial charge in [0.1, 0.15) is 10.7 Å². The van der Waals surface area contributed by atoms with Crippen molar-refractivity contribution in [3.8, 4) is 0 Å². The van der Waals surface area contributed by atoms with Crippen molar-refractivity contribution >= 4 is 31.9 Å². The lowest BCUT2D eigenvalue weighted by molar-refractivity contribution is 0.0845. The number of rotatable bonds is 4. The zero-order valence-corrected chi connectivity index (χ0v) is 16.0. The number of hydrogen-bond donors (Lipinski definition) is 0. The third-order valence-corrected chi connectivity index (χ3v) is 6.46. The summed E-state index contributed by atoms with van der Waals surface area (Å²) < 4.78 is 40.6. The number of benzene rings is 2. The molecule has 0 fully saturated rings. The number of carbonyl (C=O) groups is 1. The van der Waals surface area contributed by atoms with E-state index in [4.69, 9.17) is 0 Å². The van der Waals surface area contributed by atoms with Crippen LogP contribution >= 0.6 is 15.9 Å². The lowest BCUT2D eigenvalue weighted by atomic mass is 10.1. The molecule has 0 radical (unpaired) electrons. The van der Waals surface area contributed by atoms with Crippen molar-refractivity contribution in [2.24, 2.45) is 0 Å². The van der Waals surface area contributed by atoms with Gasteiger partial charge >= 0.3 is 0 Å². The predicted octanol–water partition coefficient (Wildman–Crippen LogP) is 3.04. The summed E-state index contributed by atoms with van der Waals surface area (Å²) in [5.41, 5.74) is 0.747. The van der Waals surface area contributed by atoms with Crippen molar-refractivity contribution in [2.75, 3.05) is 20.6 Å². The minimum atomic E-state index is -3.92. The average molecular weight is 427 g/mol. The second-order valence-electron chi connectivity index (χ2n) is 6.02. The van der Waals surface area contributed by atoms with E-state index in [0.29, 0.717) is 10.0 Å². The maximum Gasteiger partial charge on any atom is 0.269 e. The molecule has 1 unspecified atom stereocenters. The molecular formula is C17H16BrFN2O3S. The molecule has 1 heterocycles. The lowest BCUT2D eigenvalue weighted by Crippen LogP contribution is -2.38. The van der Waals surface area contributed by atoms with Gasteiger partial charge in [-0.15, -0.1) is 0 Å². The molecule has 132 valence electrons. The van der Waals surface area contributed by atoms with Gasteiger partial charge in [-0.05, 0) is 50.0 Å². The molecule has 0 aromatic heterocycles. The molecule has 0 saturated carbocycles. The summed E-state index contributed by atoms with van der Waals surface area (Å²) >= 11 is 3.25. The Morgan fingerprint density at radius 3 is 2.56 bits per heavy atom. The minimum absolute atomic E-state index is 0.00236. The van der Waals surface area contributed by atoms with Crippen molar-refractivity contribution in [3.05, 3.63) is 63.9 Å². The molecule has 0 aliphatic carbocycles. The molecule has 5 nitrogen and oxygen atoms in total. The molecule has 3 rings (SSSR count). The molecule has 8 heteroatoms. The number of amides is 1. The first-order valence-electron chi connectivity index (χ1n) is 7.50. The number of carbonyl (C=O) groups excluding carboxylic acids is 1. The lowest BCUT2D eigenvalue weighted by Gasteiger charge is -2.28. The van der Waals surface area contributed by atoms with Crippen LogP contribution in [0, 0.1) is 5.82 Å². The minimum Gasteiger partial charge on any atom is -0.301 e. The second kappa shape index (κ2) is 6.51. The molecule has 2 aromatic rings. The maximum absolute atomic E-state index is 13.6. The van der Waals surface area contributed by atoms with Crippen LogP contribution in [-0.2, 0) is 10.0 Å². The maximum atomic E-state index is 13.6. The summed E-state index contributed by atoms with van der Waals surface area (Å²) in [6.45, 7) is -0.0933. The van der Waals surface area contributed by atoms with E-state index in [1.165, 1.54) is 24.3 Å². The van der Waals surface area contributed by atoms with Gasteiger partial charge in [0.2, 0.25) is 0 Å². The van der Waals surface area contributed by atoms with E-state index in [2.05, 4.69) is 15.9 Å². The highest BCUT2D eigenvalue weighted by Gasteiger charge is 2.42. The van der Waals surface area contributed by atoms with Gasteiger partial charge in [0.15, 0.2) is 0 Å². The normalized spacial score (nSPS) is 17.0. The van der Waals surface area contributed by atoms with Crippen LogP contribution in [0.5, 0.6) is 0 Å². The third-order valence-electron chi connectivity index (χ3n) is 4.16. The van der Waals surface area contributed by atoms with E-state index in [9.17, 15) is 17.6 Å². The Kier molecular flexibility index (Phi) is 4.70. The van der Waals surface area contributed by atoms with E-state index < -0.39 is 27.8 Å². The molecular weight excluding hydrogens is 411 g/mol. The first-order chi connectivity index (χ1) is 11.7. The standard InChI is InChI=1S/C17H16BrFN2O3S/c1-20(2)15(11-4-3-5-13(19)8-11)10-21-17(22)14-9-12(18)6-7-16(14)25(21,23)24/h3-9,15H,10H2,1-2H3. The monoisotopic (exact) mass is 426 g/mol. The van der Waals surface area contributed by atoms with Gasteiger partial charge in [-0.1, -0.05) is 28.1 Å². The summed E-state index contributed by atoms with van der Waals surface area (Å²) in [5, 5.41) is 0. The molecule has 25 heavy (non-hydrogen) atoms. The van der Waals surface area contributed by atoms with Gasteiger partial charge < -0.3 is 4.90 Å². The van der Waals surface area contributed by atoms with Gasteiger partial charge in [0.25, 0.3) is 15.9 Å². The van der Waals surface area contributed by atoms with E-state index in [1.54, 1.807) is 37.2 Å². The fourth-order valence-electron chi connectivity index (χ4n) is 2.88. The highest BCUT2D eigenvalue weighted by molar-refractivity contribution is 9.10. The fraction of sp³-hybridized carbons (Fsp3) is 0.235. The van der Waals surface area contributed by atoms with Crippen LogP contribution < -0.4 is 0 Å². The Morgan fingerprint density at radius 1 is 1.20 bits per heavy atom. The number of halogens is 2. The van der Waals surface area contributed by atoms with Crippen LogP contribution in [0.25, 0.3) is 0 Å². The van der Waals surface area contributed by atoms with Crippen LogP contribution in [0.1, 0.15) is 22.0 Å². The average Bonchev–Trinajstić information content (AvgIpc) is 2.71. The van der Waals surface area contributed by atoms with Crippen LogP contribution in [0.3, 0.4) is 0 Å². The van der Waals surface area contributed by atoms with Crippen molar-refractivity contribution in [1.29, 1.82) is 0 Å². The Morgan fingerprint density at radius 2 is 1.92 bits per heavy atom. The van der Waals surface area contributed by atoms with Gasteiger partial charge in [0.05, 0.1) is 18.2 Å². The molecule has 0 saturated heterocycles. The Labute approximate surface area is 154 Å². The number of sulfonamides is 1. The summed E-state index contributed by atoms with van der Waals surface area (Å²) in [7, 11) is -0.404. The second-order valence-corrected chi connectivity index (χ2v) is 8.76. The summed E-state index contributed by atoms with van der Waals surface area (Å²) in [4.78, 5) is 14.4. The van der Waals surface area contributed by atoms with E-state index >= 15 is 0 Å². The smallest absolute Gasteiger partial charge is 0.269 e. The number of nitrogens with zero attached hydrogens (tertiary/aromatic N) is 2. The van der Waals surface area contributed by atoms with Crippen LogP contribution in [-0.4, -0.2) is 44.2 Å². The van der Waals surface area contributed by atoms with Gasteiger partial charge in [-0.2, -0.15) is 0 Å². The zero-order chi connectivity index (χ0) is 18.4. The summed E-state index contributed by atoms with van der Waals surface area (Å²) in [6, 6.07) is 9.98. The molecule has 1 amide bonds. The topological polar surface area (TPSA) is 57.7 Å². The van der Waals surface area contributed by atoms with Crippen molar-refractivity contribution in [3.63, 3.8) is 0 Å². The van der Waals surface area contributed by atoms with Crippen LogP contribution in [0.4, 0.5) is 4.39 Å². The van der Waals surface area contributed by atoms with Crippen molar-refractivity contribution in [1.82, 2.24) is 9.21 Å². The summed E-state index contributed by atoms with van der Waals surface area (Å²) in [5.74, 6) is -0.980. The third kappa shape index (κ3) is 3.21. The molecule has 0 spiro atoms. The molecule has 0 bridgehead atoms. The van der Waals surface area contributed by atoms with E-state index in [1.807, 2.05) is 0 Å². The summed E-state index contributed by atoms with van der Waals surface area (Å²) in [6.07, 6.45) is 0. The van der Waals surface area contributed by atoms with Gasteiger partial charge in [-0.3, -0.25) is 4.79 Å². The van der Waals surface area contributed by atoms with E-state index in [-0.39, 0.29) is 17.0 Å².